The summed E-state index contributed by atoms with van der Waals surface area (Å²) >= 11 is 0. The Labute approximate surface area is 98.8 Å². The molecule has 0 aromatic heterocycles. The molecule has 0 unspecified atom stereocenters. The smallest absolute Gasteiger partial charge is 1.00 e. The molecule has 0 spiro atoms. The summed E-state index contributed by atoms with van der Waals surface area (Å²) in [6.45, 7) is 10.9. The Morgan fingerprint density at radius 3 is 1.91 bits per heavy atom. The molecule has 3 heteroatoms. The van der Waals surface area contributed by atoms with Crippen molar-refractivity contribution in [3.05, 3.63) is 19.1 Å². The Hall–Kier alpha value is 1.20. The Morgan fingerprint density at radius 2 is 1.64 bits per heavy atom. The largest absolute Gasteiger partial charge is 2.00 e. The van der Waals surface area contributed by atoms with Crippen LogP contribution in [0.2, 0.25) is 25.7 Å². The third-order valence-electron chi connectivity index (χ3n) is 1.06. The van der Waals surface area contributed by atoms with Crippen molar-refractivity contribution in [2.24, 2.45) is 0 Å². The van der Waals surface area contributed by atoms with Crippen LogP contribution < -0.4 is 17.0 Å². The zero-order chi connectivity index (χ0) is 7.33. The maximum atomic E-state index is 3.73. The van der Waals surface area contributed by atoms with Crippen LogP contribution in [0.3, 0.4) is 0 Å². The van der Waals surface area contributed by atoms with E-state index >= 15 is 0 Å². The van der Waals surface area contributed by atoms with Crippen LogP contribution in [0.4, 0.5) is 0 Å². The van der Waals surface area contributed by atoms with E-state index in [1.54, 1.807) is 0 Å². The van der Waals surface area contributed by atoms with Crippen molar-refractivity contribution in [1.29, 1.82) is 0 Å². The van der Waals surface area contributed by atoms with Crippen LogP contribution in [0.15, 0.2) is 12.2 Å². The number of hydrogen-bond acceptors (Lipinski definition) is 0. The van der Waals surface area contributed by atoms with Gasteiger partial charge < -0.3 is 23.9 Å². The number of halogens is 1. The van der Waals surface area contributed by atoms with E-state index < -0.39 is 8.07 Å². The van der Waals surface area contributed by atoms with Gasteiger partial charge in [0.25, 0.3) is 0 Å². The molecule has 0 aliphatic heterocycles. The van der Waals surface area contributed by atoms with E-state index in [-0.39, 0.29) is 40.0 Å². The molecule has 0 amide bonds. The van der Waals surface area contributed by atoms with Gasteiger partial charge in [-0.1, -0.05) is 25.7 Å². The van der Waals surface area contributed by atoms with Crippen LogP contribution in [0.1, 0.15) is 6.42 Å². The monoisotopic (exact) mass is 244 g/mol. The maximum absolute atomic E-state index is 3.73. The van der Waals surface area contributed by atoms with Gasteiger partial charge in [-0.05, 0) is 6.04 Å². The van der Waals surface area contributed by atoms with E-state index in [1.807, 2.05) is 0 Å². The summed E-state index contributed by atoms with van der Waals surface area (Å²) in [6.07, 6.45) is 5.35. The molecule has 0 N–H and O–H groups in total. The van der Waals surface area contributed by atoms with Gasteiger partial charge >= 0.3 is 23.1 Å². The molecule has 0 aromatic carbocycles. The van der Waals surface area contributed by atoms with Crippen LogP contribution >= 0.6 is 0 Å². The molecule has 0 aromatic rings. The molecule has 0 saturated heterocycles. The minimum absolute atomic E-state index is 0. The van der Waals surface area contributed by atoms with E-state index in [9.17, 15) is 0 Å². The van der Waals surface area contributed by atoms with Crippen molar-refractivity contribution in [3.63, 3.8) is 0 Å². The van der Waals surface area contributed by atoms with Crippen LogP contribution in [0, 0.1) is 6.92 Å². The second-order valence-electron chi connectivity index (χ2n) is 3.52. The molecule has 0 aliphatic carbocycles. The van der Waals surface area contributed by atoms with Crippen LogP contribution in [0.5, 0.6) is 0 Å². The molecule has 0 bridgehead atoms. The third kappa shape index (κ3) is 18.3. The Bertz CT molecular complexity index is 96.8. The molecule has 11 heavy (non-hydrogen) atoms. The molecule has 0 fully saturated rings. The van der Waals surface area contributed by atoms with E-state index in [4.69, 9.17) is 0 Å². The van der Waals surface area contributed by atoms with Crippen molar-refractivity contribution in [2.75, 3.05) is 0 Å². The summed E-state index contributed by atoms with van der Waals surface area (Å²) in [4.78, 5) is 0. The summed E-state index contributed by atoms with van der Waals surface area (Å²) in [5.41, 5.74) is 0. The summed E-state index contributed by atoms with van der Waals surface area (Å²) in [5, 5.41) is 0. The van der Waals surface area contributed by atoms with Gasteiger partial charge in [-0.2, -0.15) is 6.42 Å². The van der Waals surface area contributed by atoms with Crippen LogP contribution in [0.25, 0.3) is 0 Å². The Kier molecular flexibility index (Phi) is 15.3. The SMILES string of the molecule is [Br-].[CH2-]C/C=C\C[Si](C)(C)C.[Mg+2]. The number of allylic oxidation sites excluding steroid dienone is 2. The van der Waals surface area contributed by atoms with E-state index in [1.165, 1.54) is 6.04 Å². The minimum Gasteiger partial charge on any atom is -1.00 e. The summed E-state index contributed by atoms with van der Waals surface area (Å²) in [5.74, 6) is 0. The predicted molar refractivity (Wildman–Crippen MR) is 53.0 cm³/mol. The number of rotatable bonds is 3. The number of hydrogen-bond donors (Lipinski definition) is 0. The van der Waals surface area contributed by atoms with Gasteiger partial charge in [0, 0.05) is 8.07 Å². The fraction of sp³-hybridized carbons (Fsp3) is 0.625. The van der Waals surface area contributed by atoms with E-state index in [0.29, 0.717) is 0 Å². The third-order valence-corrected chi connectivity index (χ3v) is 2.52. The van der Waals surface area contributed by atoms with Crippen LogP contribution in [-0.2, 0) is 0 Å². The van der Waals surface area contributed by atoms with Crippen molar-refractivity contribution >= 4 is 31.1 Å². The first-order chi connectivity index (χ1) is 4.06. The molecular weight excluding hydrogens is 228 g/mol. The summed E-state index contributed by atoms with van der Waals surface area (Å²) in [7, 11) is -0.809. The molecular formula is C8H17BrMgSi. The molecule has 0 saturated carbocycles. The van der Waals surface area contributed by atoms with E-state index in [0.717, 1.165) is 6.42 Å². The van der Waals surface area contributed by atoms with Crippen molar-refractivity contribution in [1.82, 2.24) is 0 Å². The zero-order valence-electron chi connectivity index (χ0n) is 7.86. The predicted octanol–water partition coefficient (Wildman–Crippen LogP) is -0.272. The second-order valence-corrected chi connectivity index (χ2v) is 9.05. The van der Waals surface area contributed by atoms with Gasteiger partial charge in [0.1, 0.15) is 0 Å². The van der Waals surface area contributed by atoms with Gasteiger partial charge in [-0.15, -0.1) is 6.08 Å². The molecule has 0 rings (SSSR count). The first kappa shape index (κ1) is 18.1. The normalized spacial score (nSPS) is 10.5. The molecule has 0 aliphatic rings. The van der Waals surface area contributed by atoms with Crippen molar-refractivity contribution in [3.8, 4) is 0 Å². The average molecular weight is 246 g/mol. The fourth-order valence-electron chi connectivity index (χ4n) is 0.555. The van der Waals surface area contributed by atoms with Gasteiger partial charge in [-0.3, -0.25) is 0 Å². The van der Waals surface area contributed by atoms with Crippen LogP contribution in [-0.4, -0.2) is 31.1 Å². The first-order valence-electron chi connectivity index (χ1n) is 3.50. The fourth-order valence-corrected chi connectivity index (χ4v) is 1.43. The summed E-state index contributed by atoms with van der Waals surface area (Å²) in [6, 6.07) is 1.29. The van der Waals surface area contributed by atoms with Gasteiger partial charge in [0.2, 0.25) is 0 Å². The van der Waals surface area contributed by atoms with E-state index in [2.05, 4.69) is 38.7 Å². The second kappa shape index (κ2) is 9.29. The molecule has 0 nitrogen and oxygen atoms in total. The quantitative estimate of drug-likeness (QED) is 0.365. The van der Waals surface area contributed by atoms with Gasteiger partial charge in [-0.25, -0.2) is 0 Å². The van der Waals surface area contributed by atoms with Crippen molar-refractivity contribution in [2.45, 2.75) is 32.1 Å². The molecule has 0 atom stereocenters. The topological polar surface area (TPSA) is 0 Å². The standard InChI is InChI=1S/C8H17Si.BrH.Mg/c1-5-6-7-8-9(2,3)4;;/h6-7H,1,5,8H2,2-4H3;1H;/q-1;;+2/p-1/b7-6-;;. The zero-order valence-corrected chi connectivity index (χ0v) is 11.9. The Balaban J connectivity index is -0.000000320. The minimum atomic E-state index is -0.809. The summed E-state index contributed by atoms with van der Waals surface area (Å²) < 4.78 is 0. The molecule has 62 valence electrons. The van der Waals surface area contributed by atoms with Gasteiger partial charge in [0.15, 0.2) is 0 Å². The molecule has 0 radical (unpaired) electrons. The average Bonchev–Trinajstić information content (AvgIpc) is 1.63. The molecule has 0 heterocycles. The van der Waals surface area contributed by atoms with Gasteiger partial charge in [0.05, 0.1) is 0 Å². The first-order valence-corrected chi connectivity index (χ1v) is 7.21. The van der Waals surface area contributed by atoms with Crippen molar-refractivity contribution < 1.29 is 17.0 Å². The maximum Gasteiger partial charge on any atom is 2.00 e. The Morgan fingerprint density at radius 1 is 1.18 bits per heavy atom.